The Morgan fingerprint density at radius 1 is 1.33 bits per heavy atom. The van der Waals surface area contributed by atoms with Gasteiger partial charge in [0, 0.05) is 22.6 Å². The molecule has 1 fully saturated rings. The molecule has 0 unspecified atom stereocenters. The van der Waals surface area contributed by atoms with Crippen molar-refractivity contribution in [3.05, 3.63) is 40.3 Å². The Balaban J connectivity index is 1.91. The molecule has 21 heavy (non-hydrogen) atoms. The van der Waals surface area contributed by atoms with Crippen LogP contribution in [0.25, 0.3) is 11.3 Å². The zero-order valence-electron chi connectivity index (χ0n) is 10.9. The normalized spacial score (nSPS) is 15.4. The van der Waals surface area contributed by atoms with Crippen LogP contribution in [0.5, 0.6) is 0 Å². The summed E-state index contributed by atoms with van der Waals surface area (Å²) in [6.07, 6.45) is -0.900. The van der Waals surface area contributed by atoms with Gasteiger partial charge >= 0.3 is 6.18 Å². The molecule has 1 aromatic heterocycles. The number of oxazole rings is 1. The molecule has 1 aliphatic rings. The second kappa shape index (κ2) is 5.46. The van der Waals surface area contributed by atoms with Gasteiger partial charge in [-0.25, -0.2) is 4.98 Å². The highest BCUT2D eigenvalue weighted by Gasteiger charge is 2.33. The molecule has 3 nitrogen and oxygen atoms in total. The molecule has 0 spiro atoms. The van der Waals surface area contributed by atoms with E-state index in [4.69, 9.17) is 4.42 Å². The predicted octanol–water partition coefficient (Wildman–Crippen LogP) is 4.37. The highest BCUT2D eigenvalue weighted by Crippen LogP contribution is 2.38. The molecule has 7 heteroatoms. The summed E-state index contributed by atoms with van der Waals surface area (Å²) >= 11 is 2.93. The van der Waals surface area contributed by atoms with Crippen LogP contribution >= 0.6 is 15.9 Å². The molecular formula is C14H12BrF3N2O. The van der Waals surface area contributed by atoms with Crippen molar-refractivity contribution < 1.29 is 17.6 Å². The van der Waals surface area contributed by atoms with Crippen molar-refractivity contribution in [1.29, 1.82) is 0 Å². The first-order valence-corrected chi connectivity index (χ1v) is 7.27. The van der Waals surface area contributed by atoms with Crippen LogP contribution in [0.4, 0.5) is 13.2 Å². The van der Waals surface area contributed by atoms with Crippen molar-refractivity contribution >= 4 is 15.9 Å². The van der Waals surface area contributed by atoms with Crippen molar-refractivity contribution in [2.24, 2.45) is 0 Å². The highest BCUT2D eigenvalue weighted by atomic mass is 79.9. The molecule has 0 amide bonds. The zero-order chi connectivity index (χ0) is 15.0. The number of hydrogen-bond donors (Lipinski definition) is 1. The average molecular weight is 361 g/mol. The van der Waals surface area contributed by atoms with Crippen LogP contribution in [-0.4, -0.2) is 11.0 Å². The van der Waals surface area contributed by atoms with Gasteiger partial charge in [-0.2, -0.15) is 13.2 Å². The quantitative estimate of drug-likeness (QED) is 0.879. The lowest BCUT2D eigenvalue weighted by atomic mass is 10.1. The molecule has 0 aliphatic heterocycles. The maximum absolute atomic E-state index is 12.9. The van der Waals surface area contributed by atoms with Crippen molar-refractivity contribution in [2.75, 3.05) is 0 Å². The fourth-order valence-electron chi connectivity index (χ4n) is 2.04. The number of nitrogens with zero attached hydrogens (tertiary/aromatic N) is 1. The molecule has 1 aliphatic carbocycles. The lowest BCUT2D eigenvalue weighted by molar-refractivity contribution is -0.138. The Kier molecular flexibility index (Phi) is 3.79. The SMILES string of the molecule is FC(F)(F)c1cc(-c2ocnc2CNC2CC2)ccc1Br. The first-order valence-electron chi connectivity index (χ1n) is 6.48. The molecule has 0 atom stereocenters. The second-order valence-corrected chi connectivity index (χ2v) is 5.83. The Bertz CT molecular complexity index is 650. The Morgan fingerprint density at radius 3 is 2.76 bits per heavy atom. The summed E-state index contributed by atoms with van der Waals surface area (Å²) in [6.45, 7) is 0.494. The Hall–Kier alpha value is -1.34. The number of nitrogens with one attached hydrogen (secondary N) is 1. The lowest BCUT2D eigenvalue weighted by Crippen LogP contribution is -2.16. The molecule has 3 rings (SSSR count). The molecule has 2 aromatic rings. The summed E-state index contributed by atoms with van der Waals surface area (Å²) < 4.78 is 44.1. The molecular weight excluding hydrogens is 349 g/mol. The van der Waals surface area contributed by atoms with E-state index < -0.39 is 11.7 Å². The van der Waals surface area contributed by atoms with Gasteiger partial charge in [0.15, 0.2) is 12.2 Å². The number of benzene rings is 1. The van der Waals surface area contributed by atoms with Gasteiger partial charge in [0.25, 0.3) is 0 Å². The zero-order valence-corrected chi connectivity index (χ0v) is 12.5. The largest absolute Gasteiger partial charge is 0.443 e. The standard InChI is InChI=1S/C14H12BrF3N2O/c15-11-4-1-8(5-10(11)14(16,17)18)13-12(20-7-21-13)6-19-9-2-3-9/h1,4-5,7,9,19H,2-3,6H2. The summed E-state index contributed by atoms with van der Waals surface area (Å²) in [5.74, 6) is 0.376. The van der Waals surface area contributed by atoms with Crippen LogP contribution in [0.2, 0.25) is 0 Å². The highest BCUT2D eigenvalue weighted by molar-refractivity contribution is 9.10. The van der Waals surface area contributed by atoms with Crippen LogP contribution in [0, 0.1) is 0 Å². The maximum atomic E-state index is 12.9. The minimum atomic E-state index is -4.42. The number of rotatable bonds is 4. The molecule has 1 N–H and O–H groups in total. The Morgan fingerprint density at radius 2 is 2.10 bits per heavy atom. The fourth-order valence-corrected chi connectivity index (χ4v) is 2.51. The second-order valence-electron chi connectivity index (χ2n) is 4.98. The Labute approximate surface area is 127 Å². The van der Waals surface area contributed by atoms with Gasteiger partial charge in [-0.05, 0) is 25.0 Å². The maximum Gasteiger partial charge on any atom is 0.417 e. The molecule has 0 bridgehead atoms. The number of halogens is 4. The molecule has 0 radical (unpaired) electrons. The van der Waals surface area contributed by atoms with E-state index in [2.05, 4.69) is 26.2 Å². The average Bonchev–Trinajstić information content (AvgIpc) is 3.13. The van der Waals surface area contributed by atoms with Gasteiger partial charge in [-0.3, -0.25) is 0 Å². The predicted molar refractivity (Wildman–Crippen MR) is 74.5 cm³/mol. The first kappa shape index (κ1) is 14.6. The third-order valence-corrected chi connectivity index (χ3v) is 4.00. The van der Waals surface area contributed by atoms with Crippen molar-refractivity contribution in [3.63, 3.8) is 0 Å². The van der Waals surface area contributed by atoms with Gasteiger partial charge in [0.2, 0.25) is 0 Å². The van der Waals surface area contributed by atoms with Gasteiger partial charge in [-0.1, -0.05) is 22.0 Å². The summed E-state index contributed by atoms with van der Waals surface area (Å²) in [7, 11) is 0. The van der Waals surface area contributed by atoms with E-state index >= 15 is 0 Å². The summed E-state index contributed by atoms with van der Waals surface area (Å²) in [5.41, 5.74) is 0.269. The van der Waals surface area contributed by atoms with Crippen LogP contribution in [0.3, 0.4) is 0 Å². The number of alkyl halides is 3. The third kappa shape index (κ3) is 3.29. The monoisotopic (exact) mass is 360 g/mol. The third-order valence-electron chi connectivity index (χ3n) is 3.31. The van der Waals surface area contributed by atoms with Gasteiger partial charge in [-0.15, -0.1) is 0 Å². The van der Waals surface area contributed by atoms with Crippen molar-refractivity contribution in [1.82, 2.24) is 10.3 Å². The number of hydrogen-bond acceptors (Lipinski definition) is 3. The van der Waals surface area contributed by atoms with Crippen LogP contribution in [0.15, 0.2) is 33.5 Å². The fraction of sp³-hybridized carbons (Fsp3) is 0.357. The first-order chi connectivity index (χ1) is 9.95. The molecule has 1 aromatic carbocycles. The van der Waals surface area contributed by atoms with Crippen LogP contribution in [0.1, 0.15) is 24.1 Å². The molecule has 0 saturated heterocycles. The van der Waals surface area contributed by atoms with Crippen molar-refractivity contribution in [2.45, 2.75) is 31.6 Å². The van der Waals surface area contributed by atoms with E-state index in [1.165, 1.54) is 12.5 Å². The van der Waals surface area contributed by atoms with Gasteiger partial charge in [0.05, 0.1) is 5.56 Å². The van der Waals surface area contributed by atoms with E-state index in [0.717, 1.165) is 18.9 Å². The van der Waals surface area contributed by atoms with E-state index in [9.17, 15) is 13.2 Å². The topological polar surface area (TPSA) is 38.1 Å². The molecule has 1 saturated carbocycles. The van der Waals surface area contributed by atoms with Crippen LogP contribution in [-0.2, 0) is 12.7 Å². The summed E-state index contributed by atoms with van der Waals surface area (Å²) in [4.78, 5) is 4.08. The summed E-state index contributed by atoms with van der Waals surface area (Å²) in [6, 6.07) is 4.52. The smallest absolute Gasteiger partial charge is 0.417 e. The van der Waals surface area contributed by atoms with Crippen molar-refractivity contribution in [3.8, 4) is 11.3 Å². The molecule has 112 valence electrons. The number of aromatic nitrogens is 1. The minimum Gasteiger partial charge on any atom is -0.443 e. The minimum absolute atomic E-state index is 0.0101. The van der Waals surface area contributed by atoms with E-state index in [1.54, 1.807) is 6.07 Å². The van der Waals surface area contributed by atoms with E-state index in [0.29, 0.717) is 29.6 Å². The van der Waals surface area contributed by atoms with Crippen LogP contribution < -0.4 is 5.32 Å². The summed E-state index contributed by atoms with van der Waals surface area (Å²) in [5, 5.41) is 3.27. The lowest BCUT2D eigenvalue weighted by Gasteiger charge is -2.10. The van der Waals surface area contributed by atoms with Gasteiger partial charge in [0.1, 0.15) is 5.69 Å². The van der Waals surface area contributed by atoms with Gasteiger partial charge < -0.3 is 9.73 Å². The van der Waals surface area contributed by atoms with E-state index in [-0.39, 0.29) is 4.47 Å². The van der Waals surface area contributed by atoms with E-state index in [1.807, 2.05) is 0 Å². The molecule has 1 heterocycles.